The maximum Gasteiger partial charge on any atom is 0.263 e. The lowest BCUT2D eigenvalue weighted by atomic mass is 10.2. The zero-order valence-corrected chi connectivity index (χ0v) is 14.8. The Morgan fingerprint density at radius 2 is 1.69 bits per heavy atom. The van der Waals surface area contributed by atoms with Crippen molar-refractivity contribution in [3.05, 3.63) is 81.3 Å². The third-order valence-electron chi connectivity index (χ3n) is 3.59. The Hall–Kier alpha value is -2.80. The molecule has 0 saturated carbocycles. The number of ether oxygens (including phenoxy) is 1. The van der Waals surface area contributed by atoms with E-state index >= 15 is 0 Å². The van der Waals surface area contributed by atoms with E-state index in [1.807, 2.05) is 0 Å². The molecule has 0 fully saturated rings. The van der Waals surface area contributed by atoms with E-state index in [-0.39, 0.29) is 24.1 Å². The third kappa shape index (κ3) is 4.64. The summed E-state index contributed by atoms with van der Waals surface area (Å²) in [6, 6.07) is 11.6. The average Bonchev–Trinajstić information content (AvgIpc) is 3.01. The Labute approximate surface area is 153 Å². The monoisotopic (exact) mass is 374 g/mol. The Morgan fingerprint density at radius 1 is 1.08 bits per heavy atom. The molecular formula is C19H16F2N2O2S. The van der Waals surface area contributed by atoms with Crippen molar-refractivity contribution in [1.82, 2.24) is 10.3 Å². The summed E-state index contributed by atoms with van der Waals surface area (Å²) in [5, 5.41) is 3.45. The molecule has 2 aromatic carbocycles. The highest BCUT2D eigenvalue weighted by Gasteiger charge is 2.15. The van der Waals surface area contributed by atoms with Crippen molar-refractivity contribution in [2.75, 3.05) is 0 Å². The maximum absolute atomic E-state index is 12.9. The van der Waals surface area contributed by atoms with Gasteiger partial charge < -0.3 is 10.1 Å². The molecule has 0 aliphatic carbocycles. The molecular weight excluding hydrogens is 358 g/mol. The van der Waals surface area contributed by atoms with Crippen molar-refractivity contribution in [2.24, 2.45) is 0 Å². The Kier molecular flexibility index (Phi) is 5.58. The SMILES string of the molecule is Cc1nc(COc2ccc(F)cc2)sc1C(=O)NCc1ccc(F)cc1. The van der Waals surface area contributed by atoms with Crippen LogP contribution in [0.4, 0.5) is 8.78 Å². The molecule has 26 heavy (non-hydrogen) atoms. The molecule has 0 radical (unpaired) electrons. The lowest BCUT2D eigenvalue weighted by Gasteiger charge is -2.04. The van der Waals surface area contributed by atoms with Crippen molar-refractivity contribution < 1.29 is 18.3 Å². The van der Waals surface area contributed by atoms with E-state index in [2.05, 4.69) is 10.3 Å². The molecule has 0 aliphatic rings. The van der Waals surface area contributed by atoms with E-state index in [0.717, 1.165) is 5.56 Å². The van der Waals surface area contributed by atoms with E-state index in [0.29, 0.717) is 27.9 Å². The molecule has 0 unspecified atom stereocenters. The van der Waals surface area contributed by atoms with Gasteiger partial charge in [0, 0.05) is 6.54 Å². The van der Waals surface area contributed by atoms with Gasteiger partial charge in [0.15, 0.2) is 0 Å². The maximum atomic E-state index is 12.9. The minimum absolute atomic E-state index is 0.197. The molecule has 1 heterocycles. The van der Waals surface area contributed by atoms with Crippen LogP contribution in [-0.4, -0.2) is 10.9 Å². The Balaban J connectivity index is 1.58. The molecule has 3 rings (SSSR count). The molecule has 1 N–H and O–H groups in total. The van der Waals surface area contributed by atoms with Crippen molar-refractivity contribution in [2.45, 2.75) is 20.1 Å². The number of nitrogens with one attached hydrogen (secondary N) is 1. The second-order valence-corrected chi connectivity index (χ2v) is 6.66. The minimum atomic E-state index is -0.331. The standard InChI is InChI=1S/C19H16F2N2O2S/c1-12-18(19(24)22-10-13-2-4-14(20)5-3-13)26-17(23-12)11-25-16-8-6-15(21)7-9-16/h2-9H,10-11H2,1H3,(H,22,24). The Bertz CT molecular complexity index is 893. The number of carbonyl (C=O) groups is 1. The second-order valence-electron chi connectivity index (χ2n) is 5.57. The van der Waals surface area contributed by atoms with Gasteiger partial charge >= 0.3 is 0 Å². The number of amides is 1. The van der Waals surface area contributed by atoms with Crippen LogP contribution in [0.15, 0.2) is 48.5 Å². The van der Waals surface area contributed by atoms with E-state index in [1.54, 1.807) is 19.1 Å². The van der Waals surface area contributed by atoms with Crippen molar-refractivity contribution in [1.29, 1.82) is 0 Å². The van der Waals surface area contributed by atoms with Crippen LogP contribution in [0.5, 0.6) is 5.75 Å². The number of benzene rings is 2. The van der Waals surface area contributed by atoms with Crippen molar-refractivity contribution >= 4 is 17.2 Å². The average molecular weight is 374 g/mol. The fourth-order valence-electron chi connectivity index (χ4n) is 2.27. The predicted octanol–water partition coefficient (Wildman–Crippen LogP) is 4.24. The van der Waals surface area contributed by atoms with Gasteiger partial charge in [-0.1, -0.05) is 12.1 Å². The largest absolute Gasteiger partial charge is 0.486 e. The van der Waals surface area contributed by atoms with Gasteiger partial charge in [0.2, 0.25) is 0 Å². The number of aromatic nitrogens is 1. The number of thiazole rings is 1. The fourth-order valence-corrected chi connectivity index (χ4v) is 3.16. The number of aryl methyl sites for hydroxylation is 1. The summed E-state index contributed by atoms with van der Waals surface area (Å²) in [5.41, 5.74) is 1.42. The van der Waals surface area contributed by atoms with Gasteiger partial charge in [-0.05, 0) is 48.9 Å². The predicted molar refractivity (Wildman–Crippen MR) is 95.2 cm³/mol. The number of hydrogen-bond donors (Lipinski definition) is 1. The quantitative estimate of drug-likeness (QED) is 0.702. The van der Waals surface area contributed by atoms with Crippen LogP contribution >= 0.6 is 11.3 Å². The molecule has 0 aliphatic heterocycles. The molecule has 1 amide bonds. The van der Waals surface area contributed by atoms with Crippen LogP contribution in [0.2, 0.25) is 0 Å². The van der Waals surface area contributed by atoms with E-state index < -0.39 is 0 Å². The van der Waals surface area contributed by atoms with Gasteiger partial charge in [-0.25, -0.2) is 13.8 Å². The third-order valence-corrected chi connectivity index (χ3v) is 4.72. The van der Waals surface area contributed by atoms with Gasteiger partial charge in [0.25, 0.3) is 5.91 Å². The van der Waals surface area contributed by atoms with E-state index in [1.165, 1.54) is 47.7 Å². The molecule has 3 aromatic rings. The molecule has 134 valence electrons. The van der Waals surface area contributed by atoms with Gasteiger partial charge in [-0.2, -0.15) is 0 Å². The summed E-state index contributed by atoms with van der Waals surface area (Å²) in [6.07, 6.45) is 0. The first-order chi connectivity index (χ1) is 12.5. The minimum Gasteiger partial charge on any atom is -0.486 e. The lowest BCUT2D eigenvalue weighted by Crippen LogP contribution is -2.22. The van der Waals surface area contributed by atoms with Crippen LogP contribution in [0, 0.1) is 18.6 Å². The first kappa shape index (κ1) is 18.0. The molecule has 4 nitrogen and oxygen atoms in total. The van der Waals surface area contributed by atoms with Crippen LogP contribution in [0.25, 0.3) is 0 Å². The zero-order chi connectivity index (χ0) is 18.5. The number of nitrogens with zero attached hydrogens (tertiary/aromatic N) is 1. The van der Waals surface area contributed by atoms with E-state index in [4.69, 9.17) is 4.74 Å². The highest BCUT2D eigenvalue weighted by atomic mass is 32.1. The molecule has 0 spiro atoms. The van der Waals surface area contributed by atoms with Gasteiger partial charge in [0.05, 0.1) is 5.69 Å². The van der Waals surface area contributed by atoms with Gasteiger partial charge in [-0.15, -0.1) is 11.3 Å². The first-order valence-electron chi connectivity index (χ1n) is 7.88. The topological polar surface area (TPSA) is 51.2 Å². The second kappa shape index (κ2) is 8.05. The highest BCUT2D eigenvalue weighted by Crippen LogP contribution is 2.20. The number of carbonyl (C=O) groups excluding carboxylic acids is 1. The number of rotatable bonds is 6. The molecule has 0 saturated heterocycles. The van der Waals surface area contributed by atoms with Crippen molar-refractivity contribution in [3.63, 3.8) is 0 Å². The normalized spacial score (nSPS) is 10.6. The lowest BCUT2D eigenvalue weighted by molar-refractivity contribution is 0.0954. The zero-order valence-electron chi connectivity index (χ0n) is 14.0. The molecule has 0 atom stereocenters. The van der Waals surface area contributed by atoms with Crippen molar-refractivity contribution in [3.8, 4) is 5.75 Å². The summed E-state index contributed by atoms with van der Waals surface area (Å²) in [6.45, 7) is 2.25. The summed E-state index contributed by atoms with van der Waals surface area (Å²) < 4.78 is 31.3. The smallest absolute Gasteiger partial charge is 0.263 e. The fraction of sp³-hybridized carbons (Fsp3) is 0.158. The molecule has 1 aromatic heterocycles. The Morgan fingerprint density at radius 3 is 2.35 bits per heavy atom. The highest BCUT2D eigenvalue weighted by molar-refractivity contribution is 7.13. The van der Waals surface area contributed by atoms with Crippen LogP contribution < -0.4 is 10.1 Å². The van der Waals surface area contributed by atoms with Gasteiger partial charge in [-0.3, -0.25) is 4.79 Å². The van der Waals surface area contributed by atoms with Gasteiger partial charge in [0.1, 0.15) is 33.9 Å². The number of halogens is 2. The molecule has 7 heteroatoms. The summed E-state index contributed by atoms with van der Waals surface area (Å²) in [7, 11) is 0. The van der Waals surface area contributed by atoms with E-state index in [9.17, 15) is 13.6 Å². The number of hydrogen-bond acceptors (Lipinski definition) is 4. The first-order valence-corrected chi connectivity index (χ1v) is 8.70. The van der Waals surface area contributed by atoms with Crippen LogP contribution in [0.1, 0.15) is 25.9 Å². The van der Waals surface area contributed by atoms with Crippen LogP contribution in [0.3, 0.4) is 0 Å². The summed E-state index contributed by atoms with van der Waals surface area (Å²) >= 11 is 1.25. The summed E-state index contributed by atoms with van der Waals surface area (Å²) in [5.74, 6) is -0.356. The summed E-state index contributed by atoms with van der Waals surface area (Å²) in [4.78, 5) is 17.2. The molecule has 0 bridgehead atoms. The van der Waals surface area contributed by atoms with Crippen LogP contribution in [-0.2, 0) is 13.2 Å².